The zero-order valence-electron chi connectivity index (χ0n) is 11.9. The van der Waals surface area contributed by atoms with Crippen molar-refractivity contribution in [2.24, 2.45) is 5.92 Å². The maximum absolute atomic E-state index is 11.8. The summed E-state index contributed by atoms with van der Waals surface area (Å²) in [5.41, 5.74) is 1.52. The summed E-state index contributed by atoms with van der Waals surface area (Å²) in [6.45, 7) is 2.21. The zero-order valence-corrected chi connectivity index (χ0v) is 11.9. The number of rotatable bonds is 2. The Morgan fingerprint density at radius 3 is 2.76 bits per heavy atom. The first kappa shape index (κ1) is 13.8. The lowest BCUT2D eigenvalue weighted by Crippen LogP contribution is -2.27. The highest BCUT2D eigenvalue weighted by Gasteiger charge is 2.28. The van der Waals surface area contributed by atoms with Crippen LogP contribution in [0.3, 0.4) is 0 Å². The Bertz CT molecular complexity index is 634. The summed E-state index contributed by atoms with van der Waals surface area (Å²) in [7, 11) is 0. The van der Waals surface area contributed by atoms with E-state index in [0.29, 0.717) is 16.7 Å². The standard InChI is InChI=1S/C17H18N2O2/c20-16-14-7-3-6-13(15(14)17(21)19-16)5-2-1-4-12-8-10-18-11-9-12/h3,6-7,12,18H,1,4,8-11H2,(H,19,20,21). The van der Waals surface area contributed by atoms with Gasteiger partial charge in [0.25, 0.3) is 11.8 Å². The van der Waals surface area contributed by atoms with Crippen LogP contribution < -0.4 is 10.6 Å². The van der Waals surface area contributed by atoms with Crippen LogP contribution in [0.2, 0.25) is 0 Å². The molecule has 3 rings (SSSR count). The monoisotopic (exact) mass is 282 g/mol. The third-order valence-corrected chi connectivity index (χ3v) is 4.12. The average molecular weight is 282 g/mol. The summed E-state index contributed by atoms with van der Waals surface area (Å²) in [5.74, 6) is 6.31. The number of fused-ring (bicyclic) bond motifs is 1. The zero-order chi connectivity index (χ0) is 14.7. The summed E-state index contributed by atoms with van der Waals surface area (Å²) in [4.78, 5) is 23.3. The third-order valence-electron chi connectivity index (χ3n) is 4.12. The van der Waals surface area contributed by atoms with Crippen molar-refractivity contribution in [1.82, 2.24) is 10.6 Å². The summed E-state index contributed by atoms with van der Waals surface area (Å²) in [6, 6.07) is 5.23. The number of carbonyl (C=O) groups is 2. The predicted octanol–water partition coefficient (Wildman–Crippen LogP) is 1.70. The Hall–Kier alpha value is -2.12. The normalized spacial score (nSPS) is 17.9. The molecule has 21 heavy (non-hydrogen) atoms. The molecule has 0 bridgehead atoms. The molecule has 1 fully saturated rings. The minimum absolute atomic E-state index is 0.326. The quantitative estimate of drug-likeness (QED) is 0.641. The van der Waals surface area contributed by atoms with E-state index in [9.17, 15) is 9.59 Å². The van der Waals surface area contributed by atoms with Crippen molar-refractivity contribution in [3.05, 3.63) is 34.9 Å². The molecule has 0 saturated carbocycles. The summed E-state index contributed by atoms with van der Waals surface area (Å²) in [6.07, 6.45) is 4.39. The predicted molar refractivity (Wildman–Crippen MR) is 79.9 cm³/mol. The molecule has 0 aliphatic carbocycles. The van der Waals surface area contributed by atoms with Crippen LogP contribution in [0.4, 0.5) is 0 Å². The molecule has 0 aromatic heterocycles. The number of carbonyl (C=O) groups excluding carboxylic acids is 2. The van der Waals surface area contributed by atoms with E-state index in [2.05, 4.69) is 22.5 Å². The van der Waals surface area contributed by atoms with Crippen molar-refractivity contribution < 1.29 is 9.59 Å². The van der Waals surface area contributed by atoms with Gasteiger partial charge in [-0.3, -0.25) is 14.9 Å². The molecule has 4 heteroatoms. The van der Waals surface area contributed by atoms with Gasteiger partial charge >= 0.3 is 0 Å². The third kappa shape index (κ3) is 2.98. The highest BCUT2D eigenvalue weighted by Crippen LogP contribution is 2.20. The smallest absolute Gasteiger partial charge is 0.260 e. The molecule has 0 atom stereocenters. The minimum atomic E-state index is -0.335. The van der Waals surface area contributed by atoms with Gasteiger partial charge in [0.2, 0.25) is 0 Å². The van der Waals surface area contributed by atoms with E-state index in [1.54, 1.807) is 18.2 Å². The van der Waals surface area contributed by atoms with Crippen LogP contribution in [-0.4, -0.2) is 24.9 Å². The topological polar surface area (TPSA) is 58.2 Å². The van der Waals surface area contributed by atoms with E-state index in [-0.39, 0.29) is 11.8 Å². The molecule has 2 N–H and O–H groups in total. The number of imide groups is 1. The van der Waals surface area contributed by atoms with Crippen LogP contribution in [0.5, 0.6) is 0 Å². The molecule has 0 spiro atoms. The van der Waals surface area contributed by atoms with E-state index in [1.165, 1.54) is 12.8 Å². The van der Waals surface area contributed by atoms with Gasteiger partial charge in [-0.1, -0.05) is 17.9 Å². The van der Waals surface area contributed by atoms with Crippen LogP contribution in [0.25, 0.3) is 0 Å². The maximum atomic E-state index is 11.8. The second kappa shape index (κ2) is 6.11. The fourth-order valence-electron chi connectivity index (χ4n) is 2.93. The lowest BCUT2D eigenvalue weighted by Gasteiger charge is -2.21. The first-order chi connectivity index (χ1) is 10.3. The van der Waals surface area contributed by atoms with Gasteiger partial charge in [0.15, 0.2) is 0 Å². The number of amides is 2. The summed E-state index contributed by atoms with van der Waals surface area (Å²) < 4.78 is 0. The molecular formula is C17H18N2O2. The van der Waals surface area contributed by atoms with Gasteiger partial charge in [-0.15, -0.1) is 0 Å². The fourth-order valence-corrected chi connectivity index (χ4v) is 2.93. The lowest BCUT2D eigenvalue weighted by atomic mass is 9.93. The molecule has 1 aromatic rings. The van der Waals surface area contributed by atoms with E-state index < -0.39 is 0 Å². The Kier molecular flexibility index (Phi) is 4.03. The molecule has 2 amide bonds. The molecule has 1 saturated heterocycles. The molecular weight excluding hydrogens is 264 g/mol. The molecule has 1 aromatic carbocycles. The van der Waals surface area contributed by atoms with Crippen molar-refractivity contribution in [2.45, 2.75) is 25.7 Å². The van der Waals surface area contributed by atoms with E-state index >= 15 is 0 Å². The molecule has 2 aliphatic rings. The fraction of sp³-hybridized carbons (Fsp3) is 0.412. The number of hydrogen-bond donors (Lipinski definition) is 2. The highest BCUT2D eigenvalue weighted by atomic mass is 16.2. The van der Waals surface area contributed by atoms with Crippen molar-refractivity contribution >= 4 is 11.8 Å². The van der Waals surface area contributed by atoms with Crippen LogP contribution >= 0.6 is 0 Å². The molecule has 2 aliphatic heterocycles. The van der Waals surface area contributed by atoms with Crippen molar-refractivity contribution in [3.8, 4) is 11.8 Å². The SMILES string of the molecule is O=C1NC(=O)c2c(C#CCCC3CCNCC3)cccc21. The maximum Gasteiger partial charge on any atom is 0.260 e. The average Bonchev–Trinajstić information content (AvgIpc) is 2.80. The highest BCUT2D eigenvalue weighted by molar-refractivity contribution is 6.22. The van der Waals surface area contributed by atoms with E-state index in [1.807, 2.05) is 0 Å². The van der Waals surface area contributed by atoms with Gasteiger partial charge in [0.1, 0.15) is 0 Å². The number of hydrogen-bond acceptors (Lipinski definition) is 3. The molecule has 0 radical (unpaired) electrons. The van der Waals surface area contributed by atoms with Crippen molar-refractivity contribution in [3.63, 3.8) is 0 Å². The molecule has 2 heterocycles. The van der Waals surface area contributed by atoms with Crippen LogP contribution in [0.15, 0.2) is 18.2 Å². The van der Waals surface area contributed by atoms with E-state index in [4.69, 9.17) is 0 Å². The minimum Gasteiger partial charge on any atom is -0.317 e. The number of piperidine rings is 1. The van der Waals surface area contributed by atoms with Gasteiger partial charge in [-0.05, 0) is 50.4 Å². The molecule has 108 valence electrons. The number of benzene rings is 1. The van der Waals surface area contributed by atoms with Gasteiger partial charge < -0.3 is 5.32 Å². The van der Waals surface area contributed by atoms with Crippen LogP contribution in [0.1, 0.15) is 52.0 Å². The second-order valence-electron chi connectivity index (χ2n) is 5.55. The van der Waals surface area contributed by atoms with Crippen molar-refractivity contribution in [1.29, 1.82) is 0 Å². The second-order valence-corrected chi connectivity index (χ2v) is 5.55. The Balaban J connectivity index is 1.68. The summed E-state index contributed by atoms with van der Waals surface area (Å²) >= 11 is 0. The van der Waals surface area contributed by atoms with Gasteiger partial charge in [0, 0.05) is 12.0 Å². The van der Waals surface area contributed by atoms with Crippen LogP contribution in [-0.2, 0) is 0 Å². The molecule has 4 nitrogen and oxygen atoms in total. The van der Waals surface area contributed by atoms with Gasteiger partial charge in [-0.25, -0.2) is 0 Å². The first-order valence-corrected chi connectivity index (χ1v) is 7.44. The molecule has 0 unspecified atom stereocenters. The Labute approximate surface area is 124 Å². The largest absolute Gasteiger partial charge is 0.317 e. The number of nitrogens with one attached hydrogen (secondary N) is 2. The van der Waals surface area contributed by atoms with Crippen molar-refractivity contribution in [2.75, 3.05) is 13.1 Å². The van der Waals surface area contributed by atoms with Crippen LogP contribution in [0, 0.1) is 17.8 Å². The van der Waals surface area contributed by atoms with E-state index in [0.717, 1.165) is 31.8 Å². The lowest BCUT2D eigenvalue weighted by molar-refractivity contribution is 0.0879. The Morgan fingerprint density at radius 1 is 1.14 bits per heavy atom. The summed E-state index contributed by atoms with van der Waals surface area (Å²) in [5, 5.41) is 5.67. The first-order valence-electron chi connectivity index (χ1n) is 7.44. The van der Waals surface area contributed by atoms with Gasteiger partial charge in [-0.2, -0.15) is 0 Å². The van der Waals surface area contributed by atoms with Gasteiger partial charge in [0.05, 0.1) is 11.1 Å². The Morgan fingerprint density at radius 2 is 1.95 bits per heavy atom.